The van der Waals surface area contributed by atoms with E-state index < -0.39 is 5.91 Å². The van der Waals surface area contributed by atoms with Gasteiger partial charge in [-0.25, -0.2) is 4.98 Å². The molecule has 0 aliphatic carbocycles. The average molecular weight is 185 g/mol. The van der Waals surface area contributed by atoms with Gasteiger partial charge in [-0.05, 0) is 0 Å². The molecule has 0 aliphatic heterocycles. The highest BCUT2D eigenvalue weighted by Crippen LogP contribution is 1.89. The Morgan fingerprint density at radius 2 is 2.20 bits per heavy atom. The lowest BCUT2D eigenvalue weighted by Gasteiger charge is -1.77. The van der Waals surface area contributed by atoms with Crippen molar-refractivity contribution in [1.29, 1.82) is 0 Å². The Morgan fingerprint density at radius 1 is 1.60 bits per heavy atom. The minimum atomic E-state index is -0.571. The molecule has 6 heteroatoms. The first kappa shape index (κ1) is 12.0. The summed E-state index contributed by atoms with van der Waals surface area (Å²) in [6, 6.07) is 0. The van der Waals surface area contributed by atoms with Crippen LogP contribution in [0.5, 0.6) is 0 Å². The summed E-state index contributed by atoms with van der Waals surface area (Å²) in [4.78, 5) is 13.6. The Balaban J connectivity index is 0. The molecule has 0 radical (unpaired) electrons. The number of aromatic nitrogens is 1. The molecule has 0 fully saturated rings. The molecule has 2 N–H and O–H groups in total. The monoisotopic (exact) mass is 184 g/mol. The molecule has 0 spiro atoms. The molecule has 0 aromatic carbocycles. The molecular formula is C4H6Cl2N2O2. The summed E-state index contributed by atoms with van der Waals surface area (Å²) in [7, 11) is 0. The van der Waals surface area contributed by atoms with Crippen LogP contribution in [0.2, 0.25) is 0 Å². The molecule has 0 saturated heterocycles. The van der Waals surface area contributed by atoms with E-state index in [-0.39, 0.29) is 30.5 Å². The van der Waals surface area contributed by atoms with Crippen molar-refractivity contribution < 1.29 is 9.21 Å². The van der Waals surface area contributed by atoms with E-state index in [2.05, 4.69) is 9.40 Å². The van der Waals surface area contributed by atoms with Crippen LogP contribution in [0.25, 0.3) is 0 Å². The molecule has 1 amide bonds. The topological polar surface area (TPSA) is 69.1 Å². The predicted octanol–water partition coefficient (Wildman–Crippen LogP) is 0.617. The van der Waals surface area contributed by atoms with Crippen molar-refractivity contribution in [3.8, 4) is 0 Å². The average Bonchev–Trinajstić information content (AvgIpc) is 2.12. The Bertz CT molecular complexity index is 187. The SMILES string of the molecule is Cl.Cl.NC(=O)c1cocn1. The molecule has 0 aliphatic rings. The second-order valence-corrected chi connectivity index (χ2v) is 1.24. The van der Waals surface area contributed by atoms with Crippen LogP contribution in [-0.2, 0) is 0 Å². The van der Waals surface area contributed by atoms with Gasteiger partial charge < -0.3 is 10.2 Å². The van der Waals surface area contributed by atoms with Crippen molar-refractivity contribution in [1.82, 2.24) is 4.98 Å². The molecule has 1 rings (SSSR count). The first-order valence-corrected chi connectivity index (χ1v) is 1.98. The number of carbonyl (C=O) groups is 1. The van der Waals surface area contributed by atoms with Crippen molar-refractivity contribution in [2.75, 3.05) is 0 Å². The van der Waals surface area contributed by atoms with Gasteiger partial charge in [0.1, 0.15) is 6.26 Å². The van der Waals surface area contributed by atoms with Crippen molar-refractivity contribution in [2.24, 2.45) is 5.73 Å². The Kier molecular flexibility index (Phi) is 6.09. The van der Waals surface area contributed by atoms with Crippen molar-refractivity contribution in [3.05, 3.63) is 18.4 Å². The number of primary amides is 1. The molecule has 0 atom stereocenters. The molecule has 1 heterocycles. The van der Waals surface area contributed by atoms with Gasteiger partial charge in [-0.2, -0.15) is 0 Å². The maximum absolute atomic E-state index is 10.2. The van der Waals surface area contributed by atoms with Crippen molar-refractivity contribution in [2.45, 2.75) is 0 Å². The molecule has 1 aromatic heterocycles. The van der Waals surface area contributed by atoms with Gasteiger partial charge in [-0.3, -0.25) is 4.79 Å². The third kappa shape index (κ3) is 2.70. The summed E-state index contributed by atoms with van der Waals surface area (Å²) in [6.45, 7) is 0. The minimum Gasteiger partial charge on any atom is -0.451 e. The van der Waals surface area contributed by atoms with E-state index in [9.17, 15) is 4.79 Å². The van der Waals surface area contributed by atoms with Crippen LogP contribution in [-0.4, -0.2) is 10.9 Å². The van der Waals surface area contributed by atoms with E-state index in [0.29, 0.717) is 0 Å². The Labute approximate surface area is 69.6 Å². The van der Waals surface area contributed by atoms with Crippen LogP contribution < -0.4 is 5.73 Å². The van der Waals surface area contributed by atoms with Crippen LogP contribution in [0.15, 0.2) is 17.1 Å². The van der Waals surface area contributed by atoms with Crippen LogP contribution in [0, 0.1) is 0 Å². The van der Waals surface area contributed by atoms with Crippen LogP contribution >= 0.6 is 24.8 Å². The molecule has 58 valence electrons. The predicted molar refractivity (Wildman–Crippen MR) is 39.5 cm³/mol. The van der Waals surface area contributed by atoms with Crippen molar-refractivity contribution >= 4 is 30.7 Å². The standard InChI is InChI=1S/C4H4N2O2.2ClH/c5-4(7)3-1-8-2-6-3;;/h1-2H,(H2,5,7);2*1H. The third-order valence-corrected chi connectivity index (χ3v) is 0.685. The van der Waals surface area contributed by atoms with Gasteiger partial charge in [-0.15, -0.1) is 24.8 Å². The number of nitrogens with two attached hydrogens (primary N) is 1. The van der Waals surface area contributed by atoms with E-state index in [1.807, 2.05) is 0 Å². The number of carbonyl (C=O) groups excluding carboxylic acids is 1. The zero-order valence-corrected chi connectivity index (χ0v) is 6.45. The number of nitrogens with zero attached hydrogens (tertiary/aromatic N) is 1. The first-order valence-electron chi connectivity index (χ1n) is 1.98. The zero-order chi connectivity index (χ0) is 5.98. The van der Waals surface area contributed by atoms with Crippen molar-refractivity contribution in [3.63, 3.8) is 0 Å². The lowest BCUT2D eigenvalue weighted by atomic mass is 10.5. The summed E-state index contributed by atoms with van der Waals surface area (Å²) >= 11 is 0. The maximum atomic E-state index is 10.2. The Morgan fingerprint density at radius 3 is 2.40 bits per heavy atom. The highest BCUT2D eigenvalue weighted by atomic mass is 35.5. The third-order valence-electron chi connectivity index (χ3n) is 0.685. The number of oxazole rings is 1. The van der Waals surface area contributed by atoms with E-state index in [0.717, 1.165) is 6.39 Å². The van der Waals surface area contributed by atoms with Gasteiger partial charge in [0.25, 0.3) is 5.91 Å². The van der Waals surface area contributed by atoms with Crippen LogP contribution in [0.1, 0.15) is 10.5 Å². The molecule has 0 bridgehead atoms. The van der Waals surface area contributed by atoms with E-state index in [4.69, 9.17) is 5.73 Å². The highest BCUT2D eigenvalue weighted by Gasteiger charge is 1.99. The second kappa shape index (κ2) is 5.08. The van der Waals surface area contributed by atoms with E-state index >= 15 is 0 Å². The van der Waals surface area contributed by atoms with E-state index in [1.165, 1.54) is 6.26 Å². The number of hydrogen-bond acceptors (Lipinski definition) is 3. The summed E-state index contributed by atoms with van der Waals surface area (Å²) < 4.78 is 4.46. The van der Waals surface area contributed by atoms with Gasteiger partial charge in [0.15, 0.2) is 12.1 Å². The van der Waals surface area contributed by atoms with Gasteiger partial charge in [-0.1, -0.05) is 0 Å². The quantitative estimate of drug-likeness (QED) is 0.696. The lowest BCUT2D eigenvalue weighted by molar-refractivity contribution is 0.0995. The smallest absolute Gasteiger partial charge is 0.270 e. The summed E-state index contributed by atoms with van der Waals surface area (Å²) in [5, 5.41) is 0. The maximum Gasteiger partial charge on any atom is 0.270 e. The molecular weight excluding hydrogens is 179 g/mol. The van der Waals surface area contributed by atoms with Gasteiger partial charge in [0.05, 0.1) is 0 Å². The zero-order valence-electron chi connectivity index (χ0n) is 4.81. The number of rotatable bonds is 1. The van der Waals surface area contributed by atoms with Gasteiger partial charge >= 0.3 is 0 Å². The normalized spacial score (nSPS) is 7.20. The molecule has 10 heavy (non-hydrogen) atoms. The van der Waals surface area contributed by atoms with Gasteiger partial charge in [0, 0.05) is 0 Å². The number of halogens is 2. The summed E-state index contributed by atoms with van der Waals surface area (Å²) in [5.41, 5.74) is 4.95. The summed E-state index contributed by atoms with van der Waals surface area (Å²) in [6.07, 6.45) is 2.35. The molecule has 4 nitrogen and oxygen atoms in total. The molecule has 0 unspecified atom stereocenters. The fourth-order valence-corrected chi connectivity index (χ4v) is 0.334. The van der Waals surface area contributed by atoms with Gasteiger partial charge in [0.2, 0.25) is 0 Å². The highest BCUT2D eigenvalue weighted by molar-refractivity contribution is 5.90. The fourth-order valence-electron chi connectivity index (χ4n) is 0.334. The lowest BCUT2D eigenvalue weighted by Crippen LogP contribution is -2.10. The second-order valence-electron chi connectivity index (χ2n) is 1.24. The van der Waals surface area contributed by atoms with Crippen LogP contribution in [0.4, 0.5) is 0 Å². The van der Waals surface area contributed by atoms with Crippen LogP contribution in [0.3, 0.4) is 0 Å². The molecule has 1 aromatic rings. The minimum absolute atomic E-state index is 0. The number of hydrogen-bond donors (Lipinski definition) is 1. The largest absolute Gasteiger partial charge is 0.451 e. The summed E-state index contributed by atoms with van der Waals surface area (Å²) in [5.74, 6) is -0.571. The fraction of sp³-hybridized carbons (Fsp3) is 0. The molecule has 0 saturated carbocycles. The van der Waals surface area contributed by atoms with E-state index in [1.54, 1.807) is 0 Å². The Hall–Kier alpha value is -0.740. The number of amides is 1. The first-order chi connectivity index (χ1) is 3.80.